The molecule has 2 unspecified atom stereocenters. The maximum atomic E-state index is 5.55. The zero-order valence-corrected chi connectivity index (χ0v) is 21.5. The molecule has 2 atom stereocenters. The van der Waals surface area contributed by atoms with Crippen LogP contribution in [0.5, 0.6) is 0 Å². The fourth-order valence-electron chi connectivity index (χ4n) is 3.84. The third-order valence-electron chi connectivity index (χ3n) is 5.40. The molecule has 0 aliphatic carbocycles. The minimum Gasteiger partial charge on any atom is -0.379 e. The number of nitrogens with zero attached hydrogens (tertiary/aromatic N) is 3. The maximum Gasteiger partial charge on any atom is 0.191 e. The molecule has 1 aromatic heterocycles. The molecule has 3 rings (SSSR count). The summed E-state index contributed by atoms with van der Waals surface area (Å²) in [7, 11) is 0. The van der Waals surface area contributed by atoms with E-state index in [-0.39, 0.29) is 24.0 Å². The lowest BCUT2D eigenvalue weighted by atomic mass is 10.1. The molecule has 0 amide bonds. The number of nitrogens with one attached hydrogen (secondary N) is 2. The van der Waals surface area contributed by atoms with Gasteiger partial charge in [-0.05, 0) is 24.3 Å². The first kappa shape index (κ1) is 25.8. The Balaban J connectivity index is 0.00000320. The predicted octanol–water partition coefficient (Wildman–Crippen LogP) is 2.26. The molecule has 0 radical (unpaired) electrons. The standard InChI is InChI=1S/C21H37N5O2S.HI/c1-3-22-21(23-15-18(2)17-25-6-10-27-11-7-25)24-16-19(20-5-4-14-29-20)26-8-12-28-13-9-26;/h4-5,14,18-19H,3,6-13,15-17H2,1-2H3,(H2,22,23,24);1H. The first-order chi connectivity index (χ1) is 14.3. The fraction of sp³-hybridized carbons (Fsp3) is 0.762. The first-order valence-electron chi connectivity index (χ1n) is 10.9. The molecule has 2 saturated heterocycles. The summed E-state index contributed by atoms with van der Waals surface area (Å²) in [5, 5.41) is 9.17. The van der Waals surface area contributed by atoms with Crippen molar-refractivity contribution < 1.29 is 9.47 Å². The van der Waals surface area contributed by atoms with Crippen molar-refractivity contribution in [2.75, 3.05) is 78.8 Å². The second kappa shape index (κ2) is 14.6. The average molecular weight is 552 g/mol. The normalized spacial score (nSPS) is 20.9. The van der Waals surface area contributed by atoms with Crippen LogP contribution < -0.4 is 10.6 Å². The van der Waals surface area contributed by atoms with Crippen molar-refractivity contribution in [3.63, 3.8) is 0 Å². The van der Waals surface area contributed by atoms with Crippen LogP contribution in [0.2, 0.25) is 0 Å². The second-order valence-electron chi connectivity index (χ2n) is 7.80. The van der Waals surface area contributed by atoms with E-state index < -0.39 is 0 Å². The second-order valence-corrected chi connectivity index (χ2v) is 8.78. The van der Waals surface area contributed by atoms with Gasteiger partial charge in [-0.15, -0.1) is 35.3 Å². The zero-order valence-electron chi connectivity index (χ0n) is 18.3. The Morgan fingerprint density at radius 3 is 2.47 bits per heavy atom. The van der Waals surface area contributed by atoms with Crippen molar-refractivity contribution in [1.82, 2.24) is 20.4 Å². The molecule has 3 heterocycles. The minimum atomic E-state index is 0. The lowest BCUT2D eigenvalue weighted by Gasteiger charge is -2.34. The lowest BCUT2D eigenvalue weighted by Crippen LogP contribution is -2.46. The van der Waals surface area contributed by atoms with E-state index >= 15 is 0 Å². The van der Waals surface area contributed by atoms with Crippen LogP contribution >= 0.6 is 35.3 Å². The molecule has 0 aromatic carbocycles. The summed E-state index contributed by atoms with van der Waals surface area (Å²) in [5.74, 6) is 1.44. The van der Waals surface area contributed by atoms with Gasteiger partial charge in [0.25, 0.3) is 0 Å². The van der Waals surface area contributed by atoms with E-state index in [1.54, 1.807) is 0 Å². The largest absolute Gasteiger partial charge is 0.379 e. The van der Waals surface area contributed by atoms with E-state index in [2.05, 4.69) is 51.8 Å². The highest BCUT2D eigenvalue weighted by Gasteiger charge is 2.23. The Bertz CT molecular complexity index is 592. The van der Waals surface area contributed by atoms with Gasteiger partial charge in [0, 0.05) is 57.2 Å². The zero-order chi connectivity index (χ0) is 20.3. The van der Waals surface area contributed by atoms with Crippen molar-refractivity contribution in [3.8, 4) is 0 Å². The number of ether oxygens (including phenoxy) is 2. The van der Waals surface area contributed by atoms with Crippen molar-refractivity contribution in [2.45, 2.75) is 19.9 Å². The van der Waals surface area contributed by atoms with Crippen LogP contribution in [0.15, 0.2) is 22.5 Å². The van der Waals surface area contributed by atoms with Gasteiger partial charge in [0.05, 0.1) is 32.5 Å². The van der Waals surface area contributed by atoms with E-state index in [1.807, 2.05) is 11.3 Å². The quantitative estimate of drug-likeness (QED) is 0.279. The SMILES string of the molecule is CCNC(=NCC(C)CN1CCOCC1)NCC(c1cccs1)N1CCOCC1.I. The van der Waals surface area contributed by atoms with Crippen molar-refractivity contribution >= 4 is 41.3 Å². The van der Waals surface area contributed by atoms with Gasteiger partial charge in [-0.2, -0.15) is 0 Å². The number of hydrogen-bond acceptors (Lipinski definition) is 6. The minimum absolute atomic E-state index is 0. The molecule has 30 heavy (non-hydrogen) atoms. The van der Waals surface area contributed by atoms with Crippen LogP contribution in [0.3, 0.4) is 0 Å². The molecule has 9 heteroatoms. The summed E-state index contributed by atoms with van der Waals surface area (Å²) in [5.41, 5.74) is 0. The Kier molecular flexibility index (Phi) is 12.5. The van der Waals surface area contributed by atoms with Crippen LogP contribution in [0.4, 0.5) is 0 Å². The predicted molar refractivity (Wildman–Crippen MR) is 135 cm³/mol. The highest BCUT2D eigenvalue weighted by Crippen LogP contribution is 2.25. The molecule has 2 aliphatic heterocycles. The summed E-state index contributed by atoms with van der Waals surface area (Å²) in [6.45, 7) is 15.4. The molecular formula is C21H38IN5O2S. The van der Waals surface area contributed by atoms with Crippen molar-refractivity contribution in [1.29, 1.82) is 0 Å². The summed E-state index contributed by atoms with van der Waals surface area (Å²) in [6.07, 6.45) is 0. The Labute approximate surface area is 202 Å². The number of rotatable bonds is 9. The van der Waals surface area contributed by atoms with E-state index in [0.717, 1.165) is 84.7 Å². The Hall–Kier alpha value is -0.460. The van der Waals surface area contributed by atoms with E-state index in [9.17, 15) is 0 Å². The van der Waals surface area contributed by atoms with Gasteiger partial charge < -0.3 is 20.1 Å². The number of halogens is 1. The maximum absolute atomic E-state index is 5.55. The highest BCUT2D eigenvalue weighted by molar-refractivity contribution is 14.0. The van der Waals surface area contributed by atoms with Crippen LogP contribution in [0, 0.1) is 5.92 Å². The van der Waals surface area contributed by atoms with Gasteiger partial charge in [0.2, 0.25) is 0 Å². The Morgan fingerprint density at radius 2 is 1.83 bits per heavy atom. The number of aliphatic imine (C=N–C) groups is 1. The van der Waals surface area contributed by atoms with Gasteiger partial charge in [-0.3, -0.25) is 14.8 Å². The summed E-state index contributed by atoms with van der Waals surface area (Å²) in [4.78, 5) is 11.3. The molecule has 2 fully saturated rings. The summed E-state index contributed by atoms with van der Waals surface area (Å²) in [6, 6.07) is 4.73. The third kappa shape index (κ3) is 8.58. The lowest BCUT2D eigenvalue weighted by molar-refractivity contribution is 0.0177. The van der Waals surface area contributed by atoms with E-state index in [1.165, 1.54) is 4.88 Å². The molecule has 7 nitrogen and oxygen atoms in total. The first-order valence-corrected chi connectivity index (χ1v) is 11.8. The monoisotopic (exact) mass is 551 g/mol. The third-order valence-corrected chi connectivity index (χ3v) is 6.37. The molecular weight excluding hydrogens is 513 g/mol. The van der Waals surface area contributed by atoms with Crippen molar-refractivity contribution in [3.05, 3.63) is 22.4 Å². The van der Waals surface area contributed by atoms with Crippen LogP contribution in [-0.4, -0.2) is 94.5 Å². The Morgan fingerprint density at radius 1 is 1.13 bits per heavy atom. The number of hydrogen-bond donors (Lipinski definition) is 2. The smallest absolute Gasteiger partial charge is 0.191 e. The van der Waals surface area contributed by atoms with E-state index in [0.29, 0.717) is 12.0 Å². The topological polar surface area (TPSA) is 61.4 Å². The van der Waals surface area contributed by atoms with Gasteiger partial charge in [-0.1, -0.05) is 13.0 Å². The summed E-state index contributed by atoms with van der Waals surface area (Å²) >= 11 is 1.83. The van der Waals surface area contributed by atoms with Gasteiger partial charge >= 0.3 is 0 Å². The number of guanidine groups is 1. The van der Waals surface area contributed by atoms with Crippen LogP contribution in [-0.2, 0) is 9.47 Å². The van der Waals surface area contributed by atoms with Gasteiger partial charge in [-0.25, -0.2) is 0 Å². The van der Waals surface area contributed by atoms with Crippen molar-refractivity contribution in [2.24, 2.45) is 10.9 Å². The fourth-order valence-corrected chi connectivity index (χ4v) is 4.71. The summed E-state index contributed by atoms with van der Waals surface area (Å²) < 4.78 is 11.0. The number of morpholine rings is 2. The van der Waals surface area contributed by atoms with Crippen LogP contribution in [0.1, 0.15) is 24.8 Å². The molecule has 0 spiro atoms. The van der Waals surface area contributed by atoms with Crippen LogP contribution in [0.25, 0.3) is 0 Å². The molecule has 0 bridgehead atoms. The molecule has 1 aromatic rings. The van der Waals surface area contributed by atoms with E-state index in [4.69, 9.17) is 14.5 Å². The van der Waals surface area contributed by atoms with Gasteiger partial charge in [0.15, 0.2) is 5.96 Å². The van der Waals surface area contributed by atoms with Gasteiger partial charge in [0.1, 0.15) is 0 Å². The number of thiophene rings is 1. The highest BCUT2D eigenvalue weighted by atomic mass is 127. The average Bonchev–Trinajstić information content (AvgIpc) is 3.28. The molecule has 2 N–H and O–H groups in total. The molecule has 172 valence electrons. The molecule has 0 saturated carbocycles. The molecule has 2 aliphatic rings.